The van der Waals surface area contributed by atoms with Crippen LogP contribution in [0.3, 0.4) is 0 Å². The van der Waals surface area contributed by atoms with Crippen molar-refractivity contribution in [3.8, 4) is 5.75 Å². The molecule has 2 aliphatic heterocycles. The Hall–Kier alpha value is -3.88. The number of carbonyl (C=O) groups is 1. The average Bonchev–Trinajstić information content (AvgIpc) is 3.57. The Morgan fingerprint density at radius 1 is 1.18 bits per heavy atom. The lowest BCUT2D eigenvalue weighted by Gasteiger charge is -2.33. The van der Waals surface area contributed by atoms with Gasteiger partial charge in [-0.1, -0.05) is 19.1 Å². The maximum Gasteiger partial charge on any atom is 0.251 e. The molecule has 0 aliphatic carbocycles. The lowest BCUT2D eigenvalue weighted by atomic mass is 9.97. The molecule has 2 atom stereocenters. The number of hydrazine groups is 1. The molecule has 0 radical (unpaired) electrons. The summed E-state index contributed by atoms with van der Waals surface area (Å²) in [7, 11) is 1.56. The zero-order valence-corrected chi connectivity index (χ0v) is 22.3. The Bertz CT molecular complexity index is 1520. The third-order valence-corrected chi connectivity index (χ3v) is 7.97. The number of aryl methyl sites for hydroxylation is 1. The fourth-order valence-corrected chi connectivity index (χ4v) is 5.90. The molecule has 2 unspecified atom stereocenters. The fourth-order valence-electron chi connectivity index (χ4n) is 5.90. The van der Waals surface area contributed by atoms with Gasteiger partial charge in [-0.3, -0.25) is 9.69 Å². The van der Waals surface area contributed by atoms with E-state index < -0.39 is 0 Å². The number of amides is 1. The predicted octanol–water partition coefficient (Wildman–Crippen LogP) is 5.06. The molecule has 0 bridgehead atoms. The zero-order chi connectivity index (χ0) is 26.9. The number of benzene rings is 2. The third-order valence-electron chi connectivity index (χ3n) is 7.97. The molecule has 4 aromatic rings. The molecule has 0 spiro atoms. The maximum atomic E-state index is 14.5. The van der Waals surface area contributed by atoms with Crippen molar-refractivity contribution in [1.82, 2.24) is 20.0 Å². The third kappa shape index (κ3) is 4.97. The van der Waals surface area contributed by atoms with Gasteiger partial charge in [0.15, 0.2) is 0 Å². The van der Waals surface area contributed by atoms with Crippen LogP contribution in [0.4, 0.5) is 10.1 Å². The van der Waals surface area contributed by atoms with Gasteiger partial charge in [0.1, 0.15) is 11.6 Å². The number of hydrogen-bond donors (Lipinski definition) is 3. The van der Waals surface area contributed by atoms with Gasteiger partial charge >= 0.3 is 0 Å². The van der Waals surface area contributed by atoms with Crippen LogP contribution in [-0.2, 0) is 13.0 Å². The van der Waals surface area contributed by atoms with Gasteiger partial charge in [-0.2, -0.15) is 0 Å². The number of piperidine rings is 1. The van der Waals surface area contributed by atoms with Gasteiger partial charge in [0.05, 0.1) is 18.8 Å². The molecule has 0 saturated carbocycles. The number of anilines is 1. The van der Waals surface area contributed by atoms with Crippen LogP contribution in [0.2, 0.25) is 0 Å². The van der Waals surface area contributed by atoms with Gasteiger partial charge in [0.25, 0.3) is 5.91 Å². The minimum atomic E-state index is -0.267. The van der Waals surface area contributed by atoms with Crippen molar-refractivity contribution in [2.24, 2.45) is 0 Å². The lowest BCUT2D eigenvalue weighted by Crippen LogP contribution is -2.47. The first kappa shape index (κ1) is 25.4. The van der Waals surface area contributed by atoms with Crippen molar-refractivity contribution in [3.63, 3.8) is 0 Å². The molecule has 39 heavy (non-hydrogen) atoms. The van der Waals surface area contributed by atoms with Crippen molar-refractivity contribution in [2.75, 3.05) is 25.6 Å². The Morgan fingerprint density at radius 3 is 2.92 bits per heavy atom. The van der Waals surface area contributed by atoms with Crippen molar-refractivity contribution in [3.05, 3.63) is 101 Å². The van der Waals surface area contributed by atoms with E-state index in [0.29, 0.717) is 30.0 Å². The number of methoxy groups -OCH3 is 1. The molecule has 3 N–H and O–H groups in total. The predicted molar refractivity (Wildman–Crippen MR) is 151 cm³/mol. The molecule has 7 nitrogen and oxygen atoms in total. The Kier molecular flexibility index (Phi) is 6.97. The number of nitrogens with zero attached hydrogens (tertiary/aromatic N) is 2. The smallest absolute Gasteiger partial charge is 0.251 e. The highest BCUT2D eigenvalue weighted by Gasteiger charge is 2.27. The second-order valence-corrected chi connectivity index (χ2v) is 10.4. The molecule has 2 aromatic heterocycles. The normalized spacial score (nSPS) is 19.1. The summed E-state index contributed by atoms with van der Waals surface area (Å²) in [5.74, 6) is 0.196. The van der Waals surface area contributed by atoms with Gasteiger partial charge in [0.2, 0.25) is 0 Å². The Balaban J connectivity index is 1.16. The summed E-state index contributed by atoms with van der Waals surface area (Å²) in [6, 6.07) is 17.1. The number of pyridine rings is 1. The SMILES string of the molecule is CCc1ccn2cc(C3NNc4ccc(C(=O)NC5CCCN(Cc6c(F)cccc6OC)C5)cc43)ccc12. The molecular formula is C31H34FN5O2. The number of aromatic nitrogens is 1. The molecule has 8 heteroatoms. The van der Waals surface area contributed by atoms with Crippen LogP contribution in [0, 0.1) is 5.82 Å². The number of fused-ring (bicyclic) bond motifs is 2. The molecule has 1 amide bonds. The number of likely N-dealkylation sites (tertiary alicyclic amines) is 1. The van der Waals surface area contributed by atoms with E-state index in [0.717, 1.165) is 42.6 Å². The summed E-state index contributed by atoms with van der Waals surface area (Å²) in [5.41, 5.74) is 13.5. The number of rotatable bonds is 7. The largest absolute Gasteiger partial charge is 0.496 e. The van der Waals surface area contributed by atoms with Crippen LogP contribution >= 0.6 is 0 Å². The summed E-state index contributed by atoms with van der Waals surface area (Å²) < 4.78 is 22.0. The van der Waals surface area contributed by atoms with Crippen molar-refractivity contribution in [1.29, 1.82) is 0 Å². The lowest BCUT2D eigenvalue weighted by molar-refractivity contribution is 0.0899. The molecule has 1 saturated heterocycles. The van der Waals surface area contributed by atoms with Crippen LogP contribution in [-0.4, -0.2) is 41.4 Å². The molecule has 4 heterocycles. The fraction of sp³-hybridized carbons (Fsp3) is 0.323. The van der Waals surface area contributed by atoms with Crippen LogP contribution in [0.1, 0.15) is 58.4 Å². The van der Waals surface area contributed by atoms with E-state index in [9.17, 15) is 9.18 Å². The Morgan fingerprint density at radius 2 is 2.08 bits per heavy atom. The van der Waals surface area contributed by atoms with E-state index in [-0.39, 0.29) is 23.8 Å². The number of halogens is 1. The van der Waals surface area contributed by atoms with Crippen LogP contribution in [0.5, 0.6) is 5.75 Å². The van der Waals surface area contributed by atoms with E-state index in [4.69, 9.17) is 4.74 Å². The van der Waals surface area contributed by atoms with Gasteiger partial charge in [0, 0.05) is 53.7 Å². The quantitative estimate of drug-likeness (QED) is 0.313. The molecule has 6 rings (SSSR count). The first-order valence-electron chi connectivity index (χ1n) is 13.6. The highest BCUT2D eigenvalue weighted by atomic mass is 19.1. The van der Waals surface area contributed by atoms with Crippen molar-refractivity contribution >= 4 is 17.1 Å². The zero-order valence-electron chi connectivity index (χ0n) is 22.3. The monoisotopic (exact) mass is 527 g/mol. The van der Waals surface area contributed by atoms with Crippen LogP contribution < -0.4 is 20.9 Å². The topological polar surface area (TPSA) is 70.0 Å². The summed E-state index contributed by atoms with van der Waals surface area (Å²) in [5, 5.41) is 3.22. The van der Waals surface area contributed by atoms with Crippen molar-refractivity contribution < 1.29 is 13.9 Å². The molecule has 202 valence electrons. The average molecular weight is 528 g/mol. The second kappa shape index (κ2) is 10.7. The number of carbonyl (C=O) groups excluding carboxylic acids is 1. The van der Waals surface area contributed by atoms with Crippen LogP contribution in [0.15, 0.2) is 67.0 Å². The molecule has 1 fully saturated rings. The van der Waals surface area contributed by atoms with Gasteiger partial charge in [-0.05, 0) is 79.4 Å². The van der Waals surface area contributed by atoms with Gasteiger partial charge < -0.3 is 19.9 Å². The Labute approximate surface area is 227 Å². The van der Waals surface area contributed by atoms with Gasteiger partial charge in [-0.25, -0.2) is 9.82 Å². The van der Waals surface area contributed by atoms with Crippen LogP contribution in [0.25, 0.3) is 5.52 Å². The van der Waals surface area contributed by atoms with E-state index in [1.165, 1.54) is 17.1 Å². The molecule has 2 aliphatic rings. The van der Waals surface area contributed by atoms with E-state index in [1.807, 2.05) is 18.2 Å². The summed E-state index contributed by atoms with van der Waals surface area (Å²) in [4.78, 5) is 15.5. The van der Waals surface area contributed by atoms with E-state index >= 15 is 0 Å². The number of nitrogens with one attached hydrogen (secondary N) is 3. The first-order chi connectivity index (χ1) is 19.0. The molecule has 2 aromatic carbocycles. The summed E-state index contributed by atoms with van der Waals surface area (Å²) in [6.07, 6.45) is 7.07. The summed E-state index contributed by atoms with van der Waals surface area (Å²) in [6.45, 7) is 4.13. The minimum absolute atomic E-state index is 0.00627. The maximum absolute atomic E-state index is 14.5. The van der Waals surface area contributed by atoms with E-state index in [1.54, 1.807) is 19.2 Å². The molecular weight excluding hydrogens is 493 g/mol. The second-order valence-electron chi connectivity index (χ2n) is 10.4. The minimum Gasteiger partial charge on any atom is -0.496 e. The summed E-state index contributed by atoms with van der Waals surface area (Å²) >= 11 is 0. The number of hydrogen-bond acceptors (Lipinski definition) is 5. The standard InChI is InChI=1S/C31H34FN5O2/c1-3-20-13-15-37-17-22(10-12-28(20)37)30-24-16-21(9-11-27(24)34-35-30)31(38)33-23-6-5-14-36(18-23)19-25-26(32)7-4-8-29(25)39-2/h4,7-13,15-17,23,30,34-35H,3,5-6,14,18-19H2,1-2H3,(H,33,38). The van der Waals surface area contributed by atoms with Gasteiger partial charge in [-0.15, -0.1) is 0 Å². The number of ether oxygens (including phenoxy) is 1. The highest BCUT2D eigenvalue weighted by molar-refractivity contribution is 5.95. The van der Waals surface area contributed by atoms with Crippen molar-refractivity contribution in [2.45, 2.75) is 44.8 Å². The first-order valence-corrected chi connectivity index (χ1v) is 13.6. The highest BCUT2D eigenvalue weighted by Crippen LogP contribution is 2.34. The van der Waals surface area contributed by atoms with E-state index in [2.05, 4.69) is 63.0 Å².